The number of esters is 1. The lowest BCUT2D eigenvalue weighted by atomic mass is 9.92. The highest BCUT2D eigenvalue weighted by atomic mass is 16.5. The van der Waals surface area contributed by atoms with Crippen molar-refractivity contribution in [3.8, 4) is 0 Å². The first kappa shape index (κ1) is 22.5. The molecule has 2 atom stereocenters. The van der Waals surface area contributed by atoms with Crippen LogP contribution in [0.15, 0.2) is 54.6 Å². The maximum atomic E-state index is 13.0. The van der Waals surface area contributed by atoms with E-state index in [2.05, 4.69) is 13.8 Å². The molecule has 3 rings (SSSR count). The summed E-state index contributed by atoms with van der Waals surface area (Å²) in [6.07, 6.45) is 1.09. The van der Waals surface area contributed by atoms with E-state index in [-0.39, 0.29) is 29.5 Å². The van der Waals surface area contributed by atoms with Gasteiger partial charge in [0.25, 0.3) is 11.8 Å². The molecular weight excluding hydrogens is 392 g/mol. The molecule has 164 valence electrons. The van der Waals surface area contributed by atoms with Crippen molar-refractivity contribution in [2.45, 2.75) is 26.8 Å². The lowest BCUT2D eigenvalue weighted by Gasteiger charge is -2.34. The molecule has 0 aromatic heterocycles. The minimum atomic E-state index is -0.663. The van der Waals surface area contributed by atoms with Gasteiger partial charge in [0.1, 0.15) is 0 Å². The number of piperidine rings is 1. The third-order valence-electron chi connectivity index (χ3n) is 5.53. The van der Waals surface area contributed by atoms with Crippen LogP contribution in [0.1, 0.15) is 46.5 Å². The van der Waals surface area contributed by atoms with E-state index in [1.54, 1.807) is 41.1 Å². The standard InChI is InChI=1S/C25H30N2O4/c1-18-13-19(2)15-27(14-18)23(28)17-31-25(30)22-12-8-7-11-21(22)24(29)26(3)16-20-9-5-4-6-10-20/h4-12,18-19H,13-17H2,1-3H3/t18-,19-/m0/s1. The van der Waals surface area contributed by atoms with E-state index in [0.29, 0.717) is 31.5 Å². The quantitative estimate of drug-likeness (QED) is 0.667. The van der Waals surface area contributed by atoms with Gasteiger partial charge in [0.15, 0.2) is 6.61 Å². The lowest BCUT2D eigenvalue weighted by molar-refractivity contribution is -0.137. The van der Waals surface area contributed by atoms with Gasteiger partial charge >= 0.3 is 5.97 Å². The fourth-order valence-corrected chi connectivity index (χ4v) is 4.15. The molecular formula is C25H30N2O4. The number of benzene rings is 2. The van der Waals surface area contributed by atoms with E-state index < -0.39 is 5.97 Å². The van der Waals surface area contributed by atoms with Crippen molar-refractivity contribution in [1.29, 1.82) is 0 Å². The van der Waals surface area contributed by atoms with E-state index in [9.17, 15) is 14.4 Å². The maximum Gasteiger partial charge on any atom is 0.339 e. The maximum absolute atomic E-state index is 13.0. The minimum Gasteiger partial charge on any atom is -0.452 e. The molecule has 0 bridgehead atoms. The van der Waals surface area contributed by atoms with Gasteiger partial charge in [-0.15, -0.1) is 0 Å². The number of hydrogen-bond donors (Lipinski definition) is 0. The molecule has 1 saturated heterocycles. The van der Waals surface area contributed by atoms with Crippen LogP contribution in [0.3, 0.4) is 0 Å². The number of carbonyl (C=O) groups excluding carboxylic acids is 3. The molecule has 2 amide bonds. The van der Waals surface area contributed by atoms with Crippen LogP contribution in [0.4, 0.5) is 0 Å². The molecule has 1 aliphatic rings. The summed E-state index contributed by atoms with van der Waals surface area (Å²) in [4.78, 5) is 41.5. The highest BCUT2D eigenvalue weighted by Gasteiger charge is 2.27. The summed E-state index contributed by atoms with van der Waals surface area (Å²) in [6.45, 7) is 5.71. The Kier molecular flexibility index (Phi) is 7.45. The summed E-state index contributed by atoms with van der Waals surface area (Å²) in [5, 5.41) is 0. The molecule has 0 saturated carbocycles. The van der Waals surface area contributed by atoms with E-state index in [1.807, 2.05) is 30.3 Å². The van der Waals surface area contributed by atoms with Crippen LogP contribution in [0.5, 0.6) is 0 Å². The van der Waals surface area contributed by atoms with Crippen molar-refractivity contribution in [3.63, 3.8) is 0 Å². The van der Waals surface area contributed by atoms with Crippen molar-refractivity contribution < 1.29 is 19.1 Å². The Hall–Kier alpha value is -3.15. The molecule has 1 heterocycles. The van der Waals surface area contributed by atoms with Gasteiger partial charge in [-0.2, -0.15) is 0 Å². The van der Waals surface area contributed by atoms with Crippen LogP contribution in [0.25, 0.3) is 0 Å². The Morgan fingerprint density at radius 3 is 2.16 bits per heavy atom. The first-order valence-electron chi connectivity index (χ1n) is 10.7. The average molecular weight is 423 g/mol. The van der Waals surface area contributed by atoms with Crippen molar-refractivity contribution in [2.75, 3.05) is 26.7 Å². The zero-order valence-corrected chi connectivity index (χ0v) is 18.4. The fraction of sp³-hybridized carbons (Fsp3) is 0.400. The average Bonchev–Trinajstić information content (AvgIpc) is 2.76. The van der Waals surface area contributed by atoms with Gasteiger partial charge in [-0.25, -0.2) is 4.79 Å². The Labute approximate surface area is 183 Å². The Morgan fingerprint density at radius 2 is 1.52 bits per heavy atom. The summed E-state index contributed by atoms with van der Waals surface area (Å²) in [7, 11) is 1.69. The summed E-state index contributed by atoms with van der Waals surface area (Å²) in [5.41, 5.74) is 1.42. The zero-order chi connectivity index (χ0) is 22.4. The highest BCUT2D eigenvalue weighted by Crippen LogP contribution is 2.21. The van der Waals surface area contributed by atoms with Crippen molar-refractivity contribution in [1.82, 2.24) is 9.80 Å². The van der Waals surface area contributed by atoms with E-state index in [1.165, 1.54) is 0 Å². The normalized spacial score (nSPS) is 18.4. The second kappa shape index (κ2) is 10.2. The number of carbonyl (C=O) groups is 3. The molecule has 6 nitrogen and oxygen atoms in total. The van der Waals surface area contributed by atoms with Gasteiger partial charge in [-0.05, 0) is 36.0 Å². The summed E-state index contributed by atoms with van der Waals surface area (Å²) in [6, 6.07) is 16.2. The van der Waals surface area contributed by atoms with Gasteiger partial charge in [0, 0.05) is 26.7 Å². The largest absolute Gasteiger partial charge is 0.452 e. The SMILES string of the molecule is C[C@H]1C[C@H](C)CN(C(=O)COC(=O)c2ccccc2C(=O)N(C)Cc2ccccc2)C1. The predicted octanol–water partition coefficient (Wildman–Crippen LogP) is 3.62. The molecule has 0 spiro atoms. The minimum absolute atomic E-state index is 0.167. The number of hydrogen-bond acceptors (Lipinski definition) is 4. The lowest BCUT2D eigenvalue weighted by Crippen LogP contribution is -2.44. The second-order valence-electron chi connectivity index (χ2n) is 8.51. The smallest absolute Gasteiger partial charge is 0.339 e. The van der Waals surface area contributed by atoms with Gasteiger partial charge in [-0.3, -0.25) is 9.59 Å². The summed E-state index contributed by atoms with van der Waals surface area (Å²) >= 11 is 0. The zero-order valence-electron chi connectivity index (χ0n) is 18.4. The van der Waals surface area contributed by atoms with E-state index >= 15 is 0 Å². The molecule has 2 aromatic rings. The molecule has 2 aromatic carbocycles. The molecule has 31 heavy (non-hydrogen) atoms. The number of ether oxygens (including phenoxy) is 1. The van der Waals surface area contributed by atoms with Crippen molar-refractivity contribution in [2.24, 2.45) is 11.8 Å². The Morgan fingerprint density at radius 1 is 0.935 bits per heavy atom. The predicted molar refractivity (Wildman–Crippen MR) is 118 cm³/mol. The monoisotopic (exact) mass is 422 g/mol. The van der Waals surface area contributed by atoms with E-state index in [0.717, 1.165) is 12.0 Å². The molecule has 0 aliphatic carbocycles. The molecule has 1 aliphatic heterocycles. The van der Waals surface area contributed by atoms with Crippen LogP contribution in [0.2, 0.25) is 0 Å². The number of nitrogens with zero attached hydrogens (tertiary/aromatic N) is 2. The van der Waals surface area contributed by atoms with Gasteiger partial charge in [-0.1, -0.05) is 56.3 Å². The van der Waals surface area contributed by atoms with Crippen LogP contribution < -0.4 is 0 Å². The van der Waals surface area contributed by atoms with Gasteiger partial charge < -0.3 is 14.5 Å². The fourth-order valence-electron chi connectivity index (χ4n) is 4.15. The van der Waals surface area contributed by atoms with Gasteiger partial charge in [0.05, 0.1) is 11.1 Å². The summed E-state index contributed by atoms with van der Waals surface area (Å²) in [5.74, 6) is -0.273. The topological polar surface area (TPSA) is 66.9 Å². The van der Waals surface area contributed by atoms with Gasteiger partial charge in [0.2, 0.25) is 0 Å². The Balaban J connectivity index is 1.64. The molecule has 0 N–H and O–H groups in total. The first-order valence-corrected chi connectivity index (χ1v) is 10.7. The number of likely N-dealkylation sites (tertiary alicyclic amines) is 1. The Bertz CT molecular complexity index is 918. The third kappa shape index (κ3) is 5.94. The van der Waals surface area contributed by atoms with Crippen LogP contribution in [-0.4, -0.2) is 54.3 Å². The molecule has 1 fully saturated rings. The third-order valence-corrected chi connectivity index (χ3v) is 5.53. The second-order valence-corrected chi connectivity index (χ2v) is 8.51. The summed E-state index contributed by atoms with van der Waals surface area (Å²) < 4.78 is 5.30. The number of rotatable bonds is 6. The van der Waals surface area contributed by atoms with Crippen molar-refractivity contribution >= 4 is 17.8 Å². The van der Waals surface area contributed by atoms with Crippen LogP contribution >= 0.6 is 0 Å². The van der Waals surface area contributed by atoms with Crippen molar-refractivity contribution in [3.05, 3.63) is 71.3 Å². The van der Waals surface area contributed by atoms with Crippen LogP contribution in [-0.2, 0) is 16.1 Å². The first-order chi connectivity index (χ1) is 14.8. The van der Waals surface area contributed by atoms with Crippen LogP contribution in [0, 0.1) is 11.8 Å². The molecule has 0 unspecified atom stereocenters. The highest BCUT2D eigenvalue weighted by molar-refractivity contribution is 6.05. The van der Waals surface area contributed by atoms with E-state index in [4.69, 9.17) is 4.74 Å². The molecule has 6 heteroatoms. The number of amides is 2. The molecule has 0 radical (unpaired) electrons.